The van der Waals surface area contributed by atoms with Gasteiger partial charge in [-0.05, 0) is 18.2 Å². The molecule has 0 aliphatic carbocycles. The molecule has 1 aliphatic heterocycles. The van der Waals surface area contributed by atoms with Gasteiger partial charge in [-0.1, -0.05) is 23.2 Å². The highest BCUT2D eigenvalue weighted by Gasteiger charge is 2.16. The third kappa shape index (κ3) is 3.52. The van der Waals surface area contributed by atoms with E-state index in [0.29, 0.717) is 10.0 Å². The second-order valence-electron chi connectivity index (χ2n) is 4.86. The molecular formula is C15H14Cl2N3O. The molecule has 0 spiro atoms. The number of ether oxygens (including phenoxy) is 1. The van der Waals surface area contributed by atoms with Gasteiger partial charge in [0.2, 0.25) is 0 Å². The molecule has 0 N–H and O–H groups in total. The van der Waals surface area contributed by atoms with E-state index in [2.05, 4.69) is 21.2 Å². The number of nitrogens with zero attached hydrogens (tertiary/aromatic N) is 3. The summed E-state index contributed by atoms with van der Waals surface area (Å²) in [5.74, 6) is 0. The third-order valence-electron chi connectivity index (χ3n) is 3.43. The van der Waals surface area contributed by atoms with Crippen LogP contribution in [0, 0.1) is 6.33 Å². The summed E-state index contributed by atoms with van der Waals surface area (Å²) >= 11 is 12.2. The maximum Gasteiger partial charge on any atom is 0.198 e. The molecule has 1 saturated heterocycles. The molecule has 3 rings (SSSR count). The second kappa shape index (κ2) is 6.71. The Bertz CT molecular complexity index is 630. The fourth-order valence-corrected chi connectivity index (χ4v) is 2.85. The number of hydrogen-bond acceptors (Lipinski definition) is 4. The van der Waals surface area contributed by atoms with E-state index in [1.165, 1.54) is 0 Å². The highest BCUT2D eigenvalue weighted by atomic mass is 35.5. The van der Waals surface area contributed by atoms with Crippen molar-refractivity contribution in [1.82, 2.24) is 14.9 Å². The topological polar surface area (TPSA) is 38.2 Å². The summed E-state index contributed by atoms with van der Waals surface area (Å²) in [6.45, 7) is 4.11. The Balaban J connectivity index is 1.91. The first kappa shape index (κ1) is 14.7. The highest BCUT2D eigenvalue weighted by Crippen LogP contribution is 2.31. The van der Waals surface area contributed by atoms with Gasteiger partial charge in [0.15, 0.2) is 6.33 Å². The molecule has 4 nitrogen and oxygen atoms in total. The zero-order chi connectivity index (χ0) is 14.7. The molecule has 0 bridgehead atoms. The number of benzene rings is 1. The summed E-state index contributed by atoms with van der Waals surface area (Å²) in [6, 6.07) is 5.41. The standard InChI is InChI=1S/C15H14Cl2N3O/c16-12-1-2-13(14(17)7-12)15-11(8-18-10-19-15)9-20-3-5-21-6-4-20/h1-2,7-8H,3-6,9H2. The van der Waals surface area contributed by atoms with Gasteiger partial charge >= 0.3 is 0 Å². The largest absolute Gasteiger partial charge is 0.379 e. The smallest absolute Gasteiger partial charge is 0.198 e. The molecule has 21 heavy (non-hydrogen) atoms. The summed E-state index contributed by atoms with van der Waals surface area (Å²) < 4.78 is 5.37. The molecule has 1 aromatic heterocycles. The lowest BCUT2D eigenvalue weighted by Crippen LogP contribution is -2.35. The average molecular weight is 323 g/mol. The van der Waals surface area contributed by atoms with Gasteiger partial charge in [0.05, 0.1) is 23.9 Å². The number of halogens is 2. The lowest BCUT2D eigenvalue weighted by molar-refractivity contribution is 0.0342. The monoisotopic (exact) mass is 322 g/mol. The normalized spacial score (nSPS) is 16.1. The Morgan fingerprint density at radius 2 is 2.05 bits per heavy atom. The fraction of sp³-hybridized carbons (Fsp3) is 0.333. The van der Waals surface area contributed by atoms with Crippen molar-refractivity contribution in [3.63, 3.8) is 0 Å². The van der Waals surface area contributed by atoms with Crippen LogP contribution in [0.5, 0.6) is 0 Å². The Labute approximate surface area is 133 Å². The number of hydrogen-bond donors (Lipinski definition) is 0. The van der Waals surface area contributed by atoms with Crippen LogP contribution in [0.25, 0.3) is 11.3 Å². The Kier molecular flexibility index (Phi) is 4.70. The van der Waals surface area contributed by atoms with Crippen molar-refractivity contribution in [2.75, 3.05) is 26.3 Å². The zero-order valence-electron chi connectivity index (χ0n) is 11.4. The molecule has 1 aromatic carbocycles. The first-order valence-electron chi connectivity index (χ1n) is 6.71. The fourth-order valence-electron chi connectivity index (χ4n) is 2.35. The van der Waals surface area contributed by atoms with Crippen LogP contribution in [0.4, 0.5) is 0 Å². The lowest BCUT2D eigenvalue weighted by Gasteiger charge is -2.27. The van der Waals surface area contributed by atoms with Crippen molar-refractivity contribution in [2.24, 2.45) is 0 Å². The van der Waals surface area contributed by atoms with Crippen LogP contribution in [0.1, 0.15) is 5.56 Å². The number of rotatable bonds is 3. The molecular weight excluding hydrogens is 309 g/mol. The van der Waals surface area contributed by atoms with E-state index >= 15 is 0 Å². The van der Waals surface area contributed by atoms with Gasteiger partial charge in [0.25, 0.3) is 0 Å². The summed E-state index contributed by atoms with van der Waals surface area (Å²) in [6.07, 6.45) is 4.44. The van der Waals surface area contributed by atoms with E-state index in [0.717, 1.165) is 49.7 Å². The van der Waals surface area contributed by atoms with Crippen molar-refractivity contribution in [1.29, 1.82) is 0 Å². The van der Waals surface area contributed by atoms with Crippen molar-refractivity contribution in [3.05, 3.63) is 46.3 Å². The first-order valence-corrected chi connectivity index (χ1v) is 7.47. The second-order valence-corrected chi connectivity index (χ2v) is 5.70. The van der Waals surface area contributed by atoms with Crippen LogP contribution in [-0.4, -0.2) is 41.2 Å². The zero-order valence-corrected chi connectivity index (χ0v) is 12.9. The SMILES string of the molecule is Clc1ccc(-c2n[c]ncc2CN2CCOCC2)c(Cl)c1. The van der Waals surface area contributed by atoms with Crippen LogP contribution in [0.15, 0.2) is 24.4 Å². The van der Waals surface area contributed by atoms with Crippen LogP contribution in [-0.2, 0) is 11.3 Å². The summed E-state index contributed by atoms with van der Waals surface area (Å²) in [5.41, 5.74) is 2.68. The molecule has 1 radical (unpaired) electrons. The minimum absolute atomic E-state index is 0.581. The van der Waals surface area contributed by atoms with Gasteiger partial charge in [-0.3, -0.25) is 4.90 Å². The predicted octanol–water partition coefficient (Wildman–Crippen LogP) is 3.08. The van der Waals surface area contributed by atoms with E-state index in [1.807, 2.05) is 12.1 Å². The van der Waals surface area contributed by atoms with Crippen LogP contribution in [0.3, 0.4) is 0 Å². The minimum Gasteiger partial charge on any atom is -0.379 e. The molecule has 109 valence electrons. The van der Waals surface area contributed by atoms with Gasteiger partial charge in [0, 0.05) is 42.0 Å². The van der Waals surface area contributed by atoms with E-state index in [9.17, 15) is 0 Å². The van der Waals surface area contributed by atoms with Crippen molar-refractivity contribution < 1.29 is 4.74 Å². The first-order chi connectivity index (χ1) is 10.2. The lowest BCUT2D eigenvalue weighted by atomic mass is 10.1. The predicted molar refractivity (Wildman–Crippen MR) is 82.4 cm³/mol. The molecule has 6 heteroatoms. The van der Waals surface area contributed by atoms with Gasteiger partial charge in [-0.25, -0.2) is 9.97 Å². The van der Waals surface area contributed by atoms with Gasteiger partial charge in [-0.15, -0.1) is 0 Å². The molecule has 0 unspecified atom stereocenters. The Hall–Kier alpha value is -1.20. The minimum atomic E-state index is 0.581. The Morgan fingerprint density at radius 3 is 2.81 bits per heavy atom. The van der Waals surface area contributed by atoms with E-state index in [1.54, 1.807) is 12.3 Å². The van der Waals surface area contributed by atoms with E-state index in [-0.39, 0.29) is 0 Å². The molecule has 2 aromatic rings. The number of aromatic nitrogens is 2. The molecule has 0 saturated carbocycles. The maximum atomic E-state index is 6.29. The molecule has 0 amide bonds. The summed E-state index contributed by atoms with van der Waals surface area (Å²) in [7, 11) is 0. The summed E-state index contributed by atoms with van der Waals surface area (Å²) in [5, 5.41) is 1.19. The highest BCUT2D eigenvalue weighted by molar-refractivity contribution is 6.36. The quantitative estimate of drug-likeness (QED) is 0.870. The van der Waals surface area contributed by atoms with Crippen molar-refractivity contribution in [3.8, 4) is 11.3 Å². The van der Waals surface area contributed by atoms with E-state index < -0.39 is 0 Å². The van der Waals surface area contributed by atoms with E-state index in [4.69, 9.17) is 27.9 Å². The van der Waals surface area contributed by atoms with Gasteiger partial charge in [0.1, 0.15) is 0 Å². The number of morpholine rings is 1. The molecule has 2 heterocycles. The van der Waals surface area contributed by atoms with Crippen LogP contribution < -0.4 is 0 Å². The maximum absolute atomic E-state index is 6.29. The van der Waals surface area contributed by atoms with Gasteiger partial charge < -0.3 is 4.74 Å². The third-order valence-corrected chi connectivity index (χ3v) is 3.98. The molecule has 1 aliphatic rings. The van der Waals surface area contributed by atoms with Gasteiger partial charge in [-0.2, -0.15) is 0 Å². The molecule has 1 fully saturated rings. The Morgan fingerprint density at radius 1 is 1.24 bits per heavy atom. The summed E-state index contributed by atoms with van der Waals surface area (Å²) in [4.78, 5) is 10.6. The molecule has 0 atom stereocenters. The average Bonchev–Trinajstić information content (AvgIpc) is 2.49. The van der Waals surface area contributed by atoms with Crippen molar-refractivity contribution in [2.45, 2.75) is 6.54 Å². The van der Waals surface area contributed by atoms with Crippen molar-refractivity contribution >= 4 is 23.2 Å². The van der Waals surface area contributed by atoms with Crippen LogP contribution >= 0.6 is 23.2 Å². The van der Waals surface area contributed by atoms with Crippen LogP contribution in [0.2, 0.25) is 10.0 Å².